The molecule has 0 aliphatic carbocycles. The molecule has 8 heteroatoms. The third-order valence-corrected chi connectivity index (χ3v) is 2.95. The predicted molar refractivity (Wildman–Crippen MR) is 58.5 cm³/mol. The third kappa shape index (κ3) is 4.61. The average Bonchev–Trinajstić information content (AvgIpc) is 2.22. The van der Waals surface area contributed by atoms with E-state index in [1.54, 1.807) is 6.92 Å². The number of carbonyl (C=O) groups excluding carboxylic acids is 1. The Labute approximate surface area is 102 Å². The van der Waals surface area contributed by atoms with Gasteiger partial charge in [-0.3, -0.25) is 0 Å². The summed E-state index contributed by atoms with van der Waals surface area (Å²) in [6.07, 6.45) is 0.668. The summed E-state index contributed by atoms with van der Waals surface area (Å²) in [5, 5.41) is 26.5. The number of carboxylic acid groups (broad SMARTS) is 2. The SMILES string of the molecule is CCCSC(OC(=O)C(C)(O)C(=O)O)C(=O)O. The Hall–Kier alpha value is -1.28. The number of thioether (sulfide) groups is 1. The van der Waals surface area contributed by atoms with Crippen molar-refractivity contribution in [2.75, 3.05) is 5.75 Å². The van der Waals surface area contributed by atoms with Crippen molar-refractivity contribution in [3.05, 3.63) is 0 Å². The number of aliphatic carboxylic acids is 2. The van der Waals surface area contributed by atoms with Gasteiger partial charge in [0.2, 0.25) is 5.44 Å². The lowest BCUT2D eigenvalue weighted by atomic mass is 10.1. The van der Waals surface area contributed by atoms with Gasteiger partial charge in [0.15, 0.2) is 0 Å². The van der Waals surface area contributed by atoms with Crippen LogP contribution in [-0.2, 0) is 19.1 Å². The molecule has 0 aliphatic heterocycles. The van der Waals surface area contributed by atoms with Crippen molar-refractivity contribution in [3.63, 3.8) is 0 Å². The zero-order chi connectivity index (χ0) is 13.6. The quantitative estimate of drug-likeness (QED) is 0.332. The topological polar surface area (TPSA) is 121 Å². The van der Waals surface area contributed by atoms with Crippen LogP contribution in [0, 0.1) is 0 Å². The molecular formula is C9H14O7S. The monoisotopic (exact) mass is 266 g/mol. The Balaban J connectivity index is 4.61. The van der Waals surface area contributed by atoms with E-state index in [4.69, 9.17) is 10.2 Å². The van der Waals surface area contributed by atoms with Crippen LogP contribution < -0.4 is 0 Å². The second-order valence-electron chi connectivity index (χ2n) is 3.32. The van der Waals surface area contributed by atoms with E-state index >= 15 is 0 Å². The number of carbonyl (C=O) groups is 3. The summed E-state index contributed by atoms with van der Waals surface area (Å²) >= 11 is 0.839. The number of aliphatic hydroxyl groups is 1. The van der Waals surface area contributed by atoms with Crippen LogP contribution in [0.25, 0.3) is 0 Å². The molecular weight excluding hydrogens is 252 g/mol. The van der Waals surface area contributed by atoms with Crippen molar-refractivity contribution in [1.29, 1.82) is 0 Å². The highest BCUT2D eigenvalue weighted by Gasteiger charge is 2.43. The van der Waals surface area contributed by atoms with Crippen molar-refractivity contribution < 1.29 is 34.4 Å². The van der Waals surface area contributed by atoms with Gasteiger partial charge in [0.1, 0.15) is 0 Å². The fraction of sp³-hybridized carbons (Fsp3) is 0.667. The van der Waals surface area contributed by atoms with Gasteiger partial charge in [-0.2, -0.15) is 0 Å². The van der Waals surface area contributed by atoms with Crippen LogP contribution in [0.5, 0.6) is 0 Å². The molecule has 0 saturated carbocycles. The number of hydrogen-bond donors (Lipinski definition) is 3. The van der Waals surface area contributed by atoms with Crippen molar-refractivity contribution in [2.24, 2.45) is 0 Å². The second-order valence-corrected chi connectivity index (χ2v) is 4.49. The lowest BCUT2D eigenvalue weighted by molar-refractivity contribution is -0.181. The summed E-state index contributed by atoms with van der Waals surface area (Å²) in [5.74, 6) is -4.27. The molecule has 2 atom stereocenters. The molecule has 2 unspecified atom stereocenters. The van der Waals surface area contributed by atoms with Crippen LogP contribution in [-0.4, -0.2) is 50.0 Å². The molecule has 0 aromatic heterocycles. The van der Waals surface area contributed by atoms with Crippen molar-refractivity contribution in [1.82, 2.24) is 0 Å². The smallest absolute Gasteiger partial charge is 0.355 e. The molecule has 0 fully saturated rings. The normalized spacial score (nSPS) is 15.7. The van der Waals surface area contributed by atoms with Crippen LogP contribution in [0.2, 0.25) is 0 Å². The molecule has 0 radical (unpaired) electrons. The molecule has 0 aromatic carbocycles. The van der Waals surface area contributed by atoms with E-state index in [0.717, 1.165) is 18.7 Å². The van der Waals surface area contributed by atoms with E-state index in [-0.39, 0.29) is 0 Å². The lowest BCUT2D eigenvalue weighted by Crippen LogP contribution is -2.46. The summed E-state index contributed by atoms with van der Waals surface area (Å²) in [6, 6.07) is 0. The zero-order valence-electron chi connectivity index (χ0n) is 9.37. The van der Waals surface area contributed by atoms with Crippen LogP contribution in [0.3, 0.4) is 0 Å². The van der Waals surface area contributed by atoms with E-state index in [1.807, 2.05) is 0 Å². The van der Waals surface area contributed by atoms with Gasteiger partial charge in [0, 0.05) is 0 Å². The largest absolute Gasteiger partial charge is 0.479 e. The highest BCUT2D eigenvalue weighted by Crippen LogP contribution is 2.17. The molecule has 0 saturated heterocycles. The summed E-state index contributed by atoms with van der Waals surface area (Å²) in [6.45, 7) is 2.53. The maximum absolute atomic E-state index is 11.3. The Kier molecular flexibility index (Phi) is 5.97. The zero-order valence-corrected chi connectivity index (χ0v) is 10.2. The summed E-state index contributed by atoms with van der Waals surface area (Å²) in [5.41, 5.74) is -4.27. The van der Waals surface area contributed by atoms with E-state index < -0.39 is 28.9 Å². The van der Waals surface area contributed by atoms with Crippen LogP contribution in [0.1, 0.15) is 20.3 Å². The number of rotatable bonds is 7. The fourth-order valence-electron chi connectivity index (χ4n) is 0.680. The molecule has 0 aromatic rings. The average molecular weight is 266 g/mol. The maximum Gasteiger partial charge on any atom is 0.355 e. The van der Waals surface area contributed by atoms with E-state index in [2.05, 4.69) is 4.74 Å². The van der Waals surface area contributed by atoms with E-state index in [9.17, 15) is 19.5 Å². The van der Waals surface area contributed by atoms with E-state index in [1.165, 1.54) is 0 Å². The van der Waals surface area contributed by atoms with Crippen LogP contribution in [0.15, 0.2) is 0 Å². The second kappa shape index (κ2) is 6.45. The first-order valence-electron chi connectivity index (χ1n) is 4.74. The van der Waals surface area contributed by atoms with Gasteiger partial charge < -0.3 is 20.1 Å². The Morgan fingerprint density at radius 3 is 2.24 bits per heavy atom. The predicted octanol–water partition coefficient (Wildman–Crippen LogP) is -0.0809. The molecule has 0 rings (SSSR count). The Bertz CT molecular complexity index is 312. The van der Waals surface area contributed by atoms with Gasteiger partial charge in [-0.05, 0) is 19.1 Å². The van der Waals surface area contributed by atoms with Crippen molar-refractivity contribution in [2.45, 2.75) is 31.3 Å². The Morgan fingerprint density at radius 1 is 1.35 bits per heavy atom. The first-order chi connectivity index (χ1) is 7.73. The molecule has 98 valence electrons. The molecule has 0 bridgehead atoms. The maximum atomic E-state index is 11.3. The standard InChI is InChI=1S/C9H14O7S/c1-3-4-17-6(5(10)11)16-8(14)9(2,15)7(12)13/h6,15H,3-4H2,1-2H3,(H,10,11)(H,12,13). The fourth-order valence-corrected chi connectivity index (χ4v) is 1.43. The van der Waals surface area contributed by atoms with Gasteiger partial charge in [-0.1, -0.05) is 6.92 Å². The van der Waals surface area contributed by atoms with Gasteiger partial charge in [-0.15, -0.1) is 11.8 Å². The minimum atomic E-state index is -2.75. The third-order valence-electron chi connectivity index (χ3n) is 1.70. The molecule has 0 amide bonds. The molecule has 7 nitrogen and oxygen atoms in total. The van der Waals surface area contributed by atoms with E-state index in [0.29, 0.717) is 12.2 Å². The van der Waals surface area contributed by atoms with Crippen LogP contribution >= 0.6 is 11.8 Å². The summed E-state index contributed by atoms with van der Waals surface area (Å²) in [4.78, 5) is 32.5. The number of hydrogen-bond acceptors (Lipinski definition) is 6. The van der Waals surface area contributed by atoms with Gasteiger partial charge in [0.25, 0.3) is 5.60 Å². The van der Waals surface area contributed by atoms with Crippen LogP contribution in [0.4, 0.5) is 0 Å². The number of esters is 1. The first kappa shape index (κ1) is 15.7. The molecule has 3 N–H and O–H groups in total. The summed E-state index contributed by atoms with van der Waals surface area (Å²) < 4.78 is 4.43. The molecule has 17 heavy (non-hydrogen) atoms. The van der Waals surface area contributed by atoms with Gasteiger partial charge in [-0.25, -0.2) is 14.4 Å². The van der Waals surface area contributed by atoms with Crippen molar-refractivity contribution in [3.8, 4) is 0 Å². The van der Waals surface area contributed by atoms with Gasteiger partial charge in [0.05, 0.1) is 0 Å². The van der Waals surface area contributed by atoms with Crippen molar-refractivity contribution >= 4 is 29.7 Å². The minimum Gasteiger partial charge on any atom is -0.479 e. The minimum absolute atomic E-state index is 0.430. The first-order valence-corrected chi connectivity index (χ1v) is 5.79. The summed E-state index contributed by atoms with van der Waals surface area (Å²) in [7, 11) is 0. The lowest BCUT2D eigenvalue weighted by Gasteiger charge is -2.19. The Morgan fingerprint density at radius 2 is 1.88 bits per heavy atom. The molecule has 0 aliphatic rings. The highest BCUT2D eigenvalue weighted by molar-refractivity contribution is 8.00. The number of ether oxygens (including phenoxy) is 1. The molecule has 0 spiro atoms. The highest BCUT2D eigenvalue weighted by atomic mass is 32.2. The molecule has 0 heterocycles. The number of carboxylic acids is 2. The van der Waals surface area contributed by atoms with Gasteiger partial charge >= 0.3 is 17.9 Å².